The summed E-state index contributed by atoms with van der Waals surface area (Å²) in [6.45, 7) is 0. The standard InChI is InChI=1S/C44H28N2/c1-3-13-29(14-4-1)32-23-33(30-15-5-2-6-16-30)25-34(24-32)45-41-22-12-10-20-37(41)39-27-38-35-18-8-9-19-36(35)42-26-31-17-7-11-21-40(31)46(42)44(38)28-43(39)45/h1-28H. The molecular weight excluding hydrogens is 556 g/mol. The molecule has 0 bridgehead atoms. The molecule has 2 nitrogen and oxygen atoms in total. The molecule has 0 aliphatic rings. The molecule has 10 aromatic rings. The minimum atomic E-state index is 1.15. The van der Waals surface area contributed by atoms with Crippen LogP contribution in [0.5, 0.6) is 0 Å². The Kier molecular flexibility index (Phi) is 5.31. The van der Waals surface area contributed by atoms with E-state index in [0.717, 1.165) is 5.69 Å². The summed E-state index contributed by atoms with van der Waals surface area (Å²) in [5, 5.41) is 7.59. The first-order valence-electron chi connectivity index (χ1n) is 15.9. The molecule has 2 heteroatoms. The molecule has 0 saturated carbocycles. The summed E-state index contributed by atoms with van der Waals surface area (Å²) in [4.78, 5) is 0. The quantitative estimate of drug-likeness (QED) is 0.183. The van der Waals surface area contributed by atoms with Crippen molar-refractivity contribution in [1.82, 2.24) is 8.97 Å². The number of benzene rings is 7. The van der Waals surface area contributed by atoms with Crippen molar-refractivity contribution < 1.29 is 0 Å². The molecule has 46 heavy (non-hydrogen) atoms. The Labute approximate surface area is 266 Å². The van der Waals surface area contributed by atoms with E-state index in [-0.39, 0.29) is 0 Å². The monoisotopic (exact) mass is 584 g/mol. The molecule has 0 saturated heterocycles. The fourth-order valence-electron chi connectivity index (χ4n) is 7.57. The van der Waals surface area contributed by atoms with Crippen molar-refractivity contribution in [2.45, 2.75) is 0 Å². The predicted octanol–water partition coefficient (Wildman–Crippen LogP) is 11.8. The smallest absolute Gasteiger partial charge is 0.0562 e. The Morgan fingerprint density at radius 2 is 0.804 bits per heavy atom. The molecule has 0 fully saturated rings. The van der Waals surface area contributed by atoms with Gasteiger partial charge in [0.05, 0.1) is 27.6 Å². The Morgan fingerprint density at radius 3 is 1.50 bits per heavy atom. The Balaban J connectivity index is 1.38. The van der Waals surface area contributed by atoms with Gasteiger partial charge in [-0.2, -0.15) is 0 Å². The van der Waals surface area contributed by atoms with Crippen LogP contribution in [0.4, 0.5) is 0 Å². The highest BCUT2D eigenvalue weighted by atomic mass is 15.0. The summed E-state index contributed by atoms with van der Waals surface area (Å²) in [6.07, 6.45) is 0. The third-order valence-corrected chi connectivity index (χ3v) is 9.63. The molecule has 0 aliphatic heterocycles. The van der Waals surface area contributed by atoms with Crippen molar-refractivity contribution in [1.29, 1.82) is 0 Å². The number of rotatable bonds is 3. The second kappa shape index (κ2) is 9.69. The summed E-state index contributed by atoms with van der Waals surface area (Å²) in [6, 6.07) is 62.1. The molecule has 0 atom stereocenters. The summed E-state index contributed by atoms with van der Waals surface area (Å²) < 4.78 is 4.93. The number of fused-ring (bicyclic) bond motifs is 11. The minimum Gasteiger partial charge on any atom is -0.309 e. The van der Waals surface area contributed by atoms with E-state index >= 15 is 0 Å². The zero-order chi connectivity index (χ0) is 30.2. The molecule has 0 unspecified atom stereocenters. The predicted molar refractivity (Wildman–Crippen MR) is 195 cm³/mol. The van der Waals surface area contributed by atoms with Crippen LogP contribution in [0.2, 0.25) is 0 Å². The Hall–Kier alpha value is -6.12. The number of para-hydroxylation sites is 2. The van der Waals surface area contributed by atoms with Crippen LogP contribution in [0, 0.1) is 0 Å². The van der Waals surface area contributed by atoms with E-state index in [1.807, 2.05) is 0 Å². The van der Waals surface area contributed by atoms with E-state index in [1.54, 1.807) is 0 Å². The van der Waals surface area contributed by atoms with Crippen molar-refractivity contribution in [2.75, 3.05) is 0 Å². The van der Waals surface area contributed by atoms with Crippen LogP contribution in [0.3, 0.4) is 0 Å². The number of pyridine rings is 1. The molecule has 10 rings (SSSR count). The molecule has 7 aromatic carbocycles. The fourth-order valence-corrected chi connectivity index (χ4v) is 7.57. The number of hydrogen-bond acceptors (Lipinski definition) is 0. The van der Waals surface area contributed by atoms with Gasteiger partial charge in [0.1, 0.15) is 0 Å². The van der Waals surface area contributed by atoms with E-state index < -0.39 is 0 Å². The van der Waals surface area contributed by atoms with E-state index in [0.29, 0.717) is 0 Å². The van der Waals surface area contributed by atoms with Crippen LogP contribution in [0.15, 0.2) is 170 Å². The molecule has 0 aliphatic carbocycles. The zero-order valence-electron chi connectivity index (χ0n) is 25.1. The molecule has 0 amide bonds. The molecule has 214 valence electrons. The highest BCUT2D eigenvalue weighted by Gasteiger charge is 2.18. The fraction of sp³-hybridized carbons (Fsp3) is 0. The van der Waals surface area contributed by atoms with E-state index in [2.05, 4.69) is 179 Å². The van der Waals surface area contributed by atoms with Gasteiger partial charge in [-0.15, -0.1) is 0 Å². The van der Waals surface area contributed by atoms with Gasteiger partial charge >= 0.3 is 0 Å². The zero-order valence-corrected chi connectivity index (χ0v) is 25.1. The van der Waals surface area contributed by atoms with Crippen LogP contribution in [0.25, 0.3) is 87.8 Å². The lowest BCUT2D eigenvalue weighted by Crippen LogP contribution is -1.97. The highest BCUT2D eigenvalue weighted by Crippen LogP contribution is 2.41. The maximum Gasteiger partial charge on any atom is 0.0562 e. The van der Waals surface area contributed by atoms with Crippen molar-refractivity contribution >= 4 is 59.9 Å². The maximum absolute atomic E-state index is 2.47. The molecule has 0 radical (unpaired) electrons. The average Bonchev–Trinajstić information content (AvgIpc) is 3.68. The number of aromatic nitrogens is 2. The maximum atomic E-state index is 2.47. The van der Waals surface area contributed by atoms with Crippen LogP contribution < -0.4 is 0 Å². The normalized spacial score (nSPS) is 11.9. The molecule has 3 aromatic heterocycles. The first-order chi connectivity index (χ1) is 22.8. The third-order valence-electron chi connectivity index (χ3n) is 9.63. The van der Waals surface area contributed by atoms with Crippen molar-refractivity contribution in [2.24, 2.45) is 0 Å². The van der Waals surface area contributed by atoms with Gasteiger partial charge < -0.3 is 8.97 Å². The molecule has 0 spiro atoms. The first kappa shape index (κ1) is 25.2. The molecule has 3 heterocycles. The second-order valence-electron chi connectivity index (χ2n) is 12.2. The van der Waals surface area contributed by atoms with Gasteiger partial charge in [-0.25, -0.2) is 0 Å². The lowest BCUT2D eigenvalue weighted by atomic mass is 9.98. The van der Waals surface area contributed by atoms with Gasteiger partial charge in [-0.3, -0.25) is 0 Å². The topological polar surface area (TPSA) is 9.34 Å². The van der Waals surface area contributed by atoms with Crippen molar-refractivity contribution in [3.8, 4) is 27.9 Å². The minimum absolute atomic E-state index is 1.15. The summed E-state index contributed by atoms with van der Waals surface area (Å²) >= 11 is 0. The van der Waals surface area contributed by atoms with Crippen LogP contribution in [-0.2, 0) is 0 Å². The molecular formula is C44H28N2. The van der Waals surface area contributed by atoms with Gasteiger partial charge in [0.15, 0.2) is 0 Å². The highest BCUT2D eigenvalue weighted by molar-refractivity contribution is 6.21. The third kappa shape index (κ3) is 3.65. The van der Waals surface area contributed by atoms with Crippen molar-refractivity contribution in [3.05, 3.63) is 170 Å². The SMILES string of the molecule is c1ccc(-c2cc(-c3ccccc3)cc(-n3c4ccccc4c4cc5c6ccccc6c6cc7ccccc7n6c5cc43)c2)cc1. The first-order valence-corrected chi connectivity index (χ1v) is 15.9. The molecule has 0 N–H and O–H groups in total. The van der Waals surface area contributed by atoms with Crippen LogP contribution in [0.1, 0.15) is 0 Å². The second-order valence-corrected chi connectivity index (χ2v) is 12.2. The van der Waals surface area contributed by atoms with Gasteiger partial charge in [0.25, 0.3) is 0 Å². The van der Waals surface area contributed by atoms with Crippen molar-refractivity contribution in [3.63, 3.8) is 0 Å². The van der Waals surface area contributed by atoms with E-state index in [1.165, 1.54) is 82.2 Å². The number of nitrogens with zero attached hydrogens (tertiary/aromatic N) is 2. The number of hydrogen-bond donors (Lipinski definition) is 0. The Morgan fingerprint density at radius 1 is 0.283 bits per heavy atom. The van der Waals surface area contributed by atoms with E-state index in [4.69, 9.17) is 0 Å². The summed E-state index contributed by atoms with van der Waals surface area (Å²) in [5.74, 6) is 0. The lowest BCUT2D eigenvalue weighted by Gasteiger charge is -2.15. The largest absolute Gasteiger partial charge is 0.309 e. The van der Waals surface area contributed by atoms with Gasteiger partial charge in [-0.05, 0) is 76.2 Å². The van der Waals surface area contributed by atoms with Crippen LogP contribution in [-0.4, -0.2) is 8.97 Å². The van der Waals surface area contributed by atoms with Crippen LogP contribution >= 0.6 is 0 Å². The lowest BCUT2D eigenvalue weighted by molar-refractivity contribution is 1.18. The summed E-state index contributed by atoms with van der Waals surface area (Å²) in [7, 11) is 0. The van der Waals surface area contributed by atoms with Gasteiger partial charge in [-0.1, -0.05) is 121 Å². The summed E-state index contributed by atoms with van der Waals surface area (Å²) in [5.41, 5.74) is 12.1. The van der Waals surface area contributed by atoms with Gasteiger partial charge in [0, 0.05) is 32.6 Å². The van der Waals surface area contributed by atoms with E-state index in [9.17, 15) is 0 Å². The van der Waals surface area contributed by atoms with Gasteiger partial charge in [0.2, 0.25) is 0 Å². The Bertz CT molecular complexity index is 2730. The average molecular weight is 585 g/mol.